The van der Waals surface area contributed by atoms with Crippen molar-refractivity contribution in [3.8, 4) is 0 Å². The van der Waals surface area contributed by atoms with E-state index >= 15 is 0 Å². The molecule has 6 heteroatoms. The van der Waals surface area contributed by atoms with Crippen LogP contribution in [0.1, 0.15) is 15.2 Å². The van der Waals surface area contributed by atoms with Gasteiger partial charge in [0.05, 0.1) is 16.0 Å². The highest BCUT2D eigenvalue weighted by Crippen LogP contribution is 2.21. The van der Waals surface area contributed by atoms with Crippen molar-refractivity contribution >= 4 is 38.9 Å². The lowest BCUT2D eigenvalue weighted by Gasteiger charge is -2.04. The van der Waals surface area contributed by atoms with Crippen molar-refractivity contribution in [3.05, 3.63) is 44.8 Å². The first kappa shape index (κ1) is 12.1. The van der Waals surface area contributed by atoms with Crippen molar-refractivity contribution in [2.75, 3.05) is 5.73 Å². The van der Waals surface area contributed by atoms with E-state index in [1.165, 1.54) is 11.3 Å². The maximum absolute atomic E-state index is 11.7. The second kappa shape index (κ2) is 5.29. The average molecular weight is 313 g/mol. The molecular weight excluding hydrogens is 304 g/mol. The number of benzene rings is 1. The maximum Gasteiger partial charge on any atom is 0.338 e. The van der Waals surface area contributed by atoms with Crippen LogP contribution in [-0.4, -0.2) is 11.0 Å². The Balaban J connectivity index is 2.02. The highest BCUT2D eigenvalue weighted by atomic mass is 79.9. The smallest absolute Gasteiger partial charge is 0.338 e. The summed E-state index contributed by atoms with van der Waals surface area (Å²) in [6.07, 6.45) is 1.67. The Kier molecular flexibility index (Phi) is 3.75. The van der Waals surface area contributed by atoms with Gasteiger partial charge in [-0.15, -0.1) is 11.3 Å². The molecule has 88 valence electrons. The fourth-order valence-corrected chi connectivity index (χ4v) is 1.96. The van der Waals surface area contributed by atoms with Gasteiger partial charge in [-0.1, -0.05) is 0 Å². The second-order valence-corrected chi connectivity index (χ2v) is 5.11. The van der Waals surface area contributed by atoms with E-state index in [-0.39, 0.29) is 6.61 Å². The van der Waals surface area contributed by atoms with Crippen molar-refractivity contribution in [1.29, 1.82) is 0 Å². The molecule has 2 N–H and O–H groups in total. The first-order valence-electron chi connectivity index (χ1n) is 4.76. The molecule has 0 bridgehead atoms. The maximum atomic E-state index is 11.7. The molecule has 0 radical (unpaired) electrons. The number of thiazole rings is 1. The molecule has 0 unspecified atom stereocenters. The van der Waals surface area contributed by atoms with E-state index in [4.69, 9.17) is 10.5 Å². The van der Waals surface area contributed by atoms with Crippen LogP contribution in [0.4, 0.5) is 5.69 Å². The molecule has 0 atom stereocenters. The van der Waals surface area contributed by atoms with E-state index in [1.807, 2.05) is 0 Å². The molecule has 4 nitrogen and oxygen atoms in total. The van der Waals surface area contributed by atoms with Gasteiger partial charge in [-0.2, -0.15) is 0 Å². The van der Waals surface area contributed by atoms with Crippen LogP contribution in [-0.2, 0) is 11.3 Å². The van der Waals surface area contributed by atoms with Crippen molar-refractivity contribution in [3.63, 3.8) is 0 Å². The molecule has 1 aromatic heterocycles. The third kappa shape index (κ3) is 3.04. The van der Waals surface area contributed by atoms with E-state index in [9.17, 15) is 4.79 Å². The summed E-state index contributed by atoms with van der Waals surface area (Å²) < 4.78 is 5.89. The Hall–Kier alpha value is -1.40. The van der Waals surface area contributed by atoms with Gasteiger partial charge in [0.2, 0.25) is 0 Å². The number of carbonyl (C=O) groups excluding carboxylic acids is 1. The highest BCUT2D eigenvalue weighted by molar-refractivity contribution is 9.10. The number of ether oxygens (including phenoxy) is 1. The van der Waals surface area contributed by atoms with Crippen molar-refractivity contribution in [2.45, 2.75) is 6.61 Å². The molecule has 0 amide bonds. The number of carbonyl (C=O) groups is 1. The van der Waals surface area contributed by atoms with Crippen molar-refractivity contribution in [2.24, 2.45) is 0 Å². The van der Waals surface area contributed by atoms with E-state index < -0.39 is 5.97 Å². The second-order valence-electron chi connectivity index (χ2n) is 3.28. The molecule has 0 aliphatic rings. The van der Waals surface area contributed by atoms with Gasteiger partial charge in [0.15, 0.2) is 0 Å². The molecule has 1 aromatic carbocycles. The Morgan fingerprint density at radius 1 is 1.53 bits per heavy atom. The van der Waals surface area contributed by atoms with E-state index in [0.717, 1.165) is 9.35 Å². The number of aromatic nitrogens is 1. The Morgan fingerprint density at radius 3 is 3.00 bits per heavy atom. The molecule has 0 aliphatic carbocycles. The van der Waals surface area contributed by atoms with E-state index in [2.05, 4.69) is 20.9 Å². The molecule has 0 saturated carbocycles. The van der Waals surface area contributed by atoms with Gasteiger partial charge in [0.25, 0.3) is 0 Å². The van der Waals surface area contributed by atoms with Crippen LogP contribution >= 0.6 is 27.3 Å². The zero-order valence-electron chi connectivity index (χ0n) is 8.72. The SMILES string of the molecule is Nc1cc(C(=O)OCc2cncs2)ccc1Br. The molecular formula is C11H9BrN2O2S. The third-order valence-corrected chi connectivity index (χ3v) is 3.54. The lowest BCUT2D eigenvalue weighted by atomic mass is 10.2. The van der Waals surface area contributed by atoms with Gasteiger partial charge in [0, 0.05) is 16.4 Å². The summed E-state index contributed by atoms with van der Waals surface area (Å²) in [5, 5.41) is 0. The van der Waals surface area contributed by atoms with Gasteiger partial charge >= 0.3 is 5.97 Å². The Bertz CT molecular complexity index is 528. The summed E-state index contributed by atoms with van der Waals surface area (Å²) in [4.78, 5) is 16.5. The number of nitrogens with two attached hydrogens (primary N) is 1. The van der Waals surface area contributed by atoms with Gasteiger partial charge in [-0.05, 0) is 34.1 Å². The monoisotopic (exact) mass is 312 g/mol. The van der Waals surface area contributed by atoms with Crippen LogP contribution in [0.3, 0.4) is 0 Å². The molecule has 0 saturated heterocycles. The Labute approximate surface area is 111 Å². The zero-order valence-corrected chi connectivity index (χ0v) is 11.1. The summed E-state index contributed by atoms with van der Waals surface area (Å²) in [6.45, 7) is 0.236. The molecule has 0 spiro atoms. The molecule has 17 heavy (non-hydrogen) atoms. The molecule has 0 fully saturated rings. The summed E-state index contributed by atoms with van der Waals surface area (Å²) in [5.74, 6) is -0.391. The number of nitrogens with zero attached hydrogens (tertiary/aromatic N) is 1. The predicted molar refractivity (Wildman–Crippen MR) is 69.8 cm³/mol. The number of hydrogen-bond acceptors (Lipinski definition) is 5. The van der Waals surface area contributed by atoms with Crippen LogP contribution in [0.15, 0.2) is 34.4 Å². The van der Waals surface area contributed by atoms with Crippen LogP contribution in [0.2, 0.25) is 0 Å². The lowest BCUT2D eigenvalue weighted by Crippen LogP contribution is -2.05. The van der Waals surface area contributed by atoms with Crippen molar-refractivity contribution < 1.29 is 9.53 Å². The normalized spacial score (nSPS) is 10.2. The molecule has 2 aromatic rings. The van der Waals surface area contributed by atoms with Crippen LogP contribution in [0, 0.1) is 0 Å². The standard InChI is InChI=1S/C11H9BrN2O2S/c12-9-2-1-7(3-10(9)13)11(15)16-5-8-4-14-6-17-8/h1-4,6H,5,13H2. The Morgan fingerprint density at radius 2 is 2.35 bits per heavy atom. The van der Waals surface area contributed by atoms with Gasteiger partial charge in [-0.3, -0.25) is 4.98 Å². The minimum atomic E-state index is -0.391. The third-order valence-electron chi connectivity index (χ3n) is 2.06. The largest absolute Gasteiger partial charge is 0.456 e. The number of rotatable bonds is 3. The number of esters is 1. The minimum Gasteiger partial charge on any atom is -0.456 e. The zero-order chi connectivity index (χ0) is 12.3. The predicted octanol–water partition coefficient (Wildman–Crippen LogP) is 2.84. The number of halogens is 1. The lowest BCUT2D eigenvalue weighted by molar-refractivity contribution is 0.0476. The van der Waals surface area contributed by atoms with Gasteiger partial charge in [-0.25, -0.2) is 4.79 Å². The van der Waals surface area contributed by atoms with E-state index in [0.29, 0.717) is 11.3 Å². The summed E-state index contributed by atoms with van der Waals surface area (Å²) >= 11 is 4.71. The first-order valence-corrected chi connectivity index (χ1v) is 6.43. The number of nitrogen functional groups attached to an aromatic ring is 1. The minimum absolute atomic E-state index is 0.236. The summed E-state index contributed by atoms with van der Waals surface area (Å²) in [6, 6.07) is 4.97. The highest BCUT2D eigenvalue weighted by Gasteiger charge is 2.09. The molecule has 2 rings (SSSR count). The van der Waals surface area contributed by atoms with Crippen molar-refractivity contribution in [1.82, 2.24) is 4.98 Å². The quantitative estimate of drug-likeness (QED) is 0.699. The number of hydrogen-bond donors (Lipinski definition) is 1. The number of anilines is 1. The molecule has 0 aliphatic heterocycles. The van der Waals surface area contributed by atoms with E-state index in [1.54, 1.807) is 29.9 Å². The van der Waals surface area contributed by atoms with Crippen LogP contribution in [0.5, 0.6) is 0 Å². The average Bonchev–Trinajstić information content (AvgIpc) is 2.82. The van der Waals surface area contributed by atoms with Gasteiger partial charge < -0.3 is 10.5 Å². The van der Waals surface area contributed by atoms with Gasteiger partial charge in [0.1, 0.15) is 6.61 Å². The molecule has 1 heterocycles. The topological polar surface area (TPSA) is 65.2 Å². The fraction of sp³-hybridized carbons (Fsp3) is 0.0909. The summed E-state index contributed by atoms with van der Waals surface area (Å²) in [5.41, 5.74) is 8.33. The van der Waals surface area contributed by atoms with Crippen LogP contribution in [0.25, 0.3) is 0 Å². The van der Waals surface area contributed by atoms with Crippen LogP contribution < -0.4 is 5.73 Å². The fourth-order valence-electron chi connectivity index (χ4n) is 1.20. The first-order chi connectivity index (χ1) is 8.16. The summed E-state index contributed by atoms with van der Waals surface area (Å²) in [7, 11) is 0.